The molecule has 1 N–H and O–H groups in total. The smallest absolute Gasteiger partial charge is 0.254 e. The highest BCUT2D eigenvalue weighted by Crippen LogP contribution is 2.32. The fourth-order valence-corrected chi connectivity index (χ4v) is 3.93. The molecule has 1 aliphatic carbocycles. The van der Waals surface area contributed by atoms with Crippen LogP contribution in [0.15, 0.2) is 12.4 Å². The Labute approximate surface area is 117 Å². The lowest BCUT2D eigenvalue weighted by atomic mass is 10.2. The molecule has 1 fully saturated rings. The molecule has 0 aromatic carbocycles. The number of hydrogen-bond acceptors (Lipinski definition) is 5. The molecular weight excluding hydrogens is 258 g/mol. The van der Waals surface area contributed by atoms with Gasteiger partial charge < -0.3 is 5.32 Å². The van der Waals surface area contributed by atoms with E-state index in [0.717, 1.165) is 11.5 Å². The fourth-order valence-electron chi connectivity index (χ4n) is 2.73. The van der Waals surface area contributed by atoms with E-state index in [2.05, 4.69) is 39.1 Å². The minimum atomic E-state index is 0.527. The van der Waals surface area contributed by atoms with Crippen LogP contribution in [0.2, 0.25) is 0 Å². The molecule has 1 aliphatic rings. The SMILES string of the molecule is CCSC1CCCC1Nc1cc(C)nc2ncnn12. The van der Waals surface area contributed by atoms with Crippen molar-refractivity contribution in [3.8, 4) is 0 Å². The third-order valence-corrected chi connectivity index (χ3v) is 4.87. The summed E-state index contributed by atoms with van der Waals surface area (Å²) in [5.41, 5.74) is 0.973. The van der Waals surface area contributed by atoms with Gasteiger partial charge in [0.15, 0.2) is 0 Å². The van der Waals surface area contributed by atoms with Crippen LogP contribution in [0.5, 0.6) is 0 Å². The predicted octanol–water partition coefficient (Wildman–Crippen LogP) is 2.52. The third kappa shape index (κ3) is 2.54. The summed E-state index contributed by atoms with van der Waals surface area (Å²) in [4.78, 5) is 8.54. The van der Waals surface area contributed by atoms with E-state index in [9.17, 15) is 0 Å². The molecule has 6 heteroatoms. The van der Waals surface area contributed by atoms with E-state index in [4.69, 9.17) is 0 Å². The first-order chi connectivity index (χ1) is 9.28. The number of thioether (sulfide) groups is 1. The Kier molecular flexibility index (Phi) is 3.59. The Hall–Kier alpha value is -1.30. The maximum Gasteiger partial charge on any atom is 0.254 e. The fraction of sp³-hybridized carbons (Fsp3) is 0.615. The molecule has 3 rings (SSSR count). The summed E-state index contributed by atoms with van der Waals surface area (Å²) in [5, 5.41) is 8.60. The first-order valence-corrected chi connectivity index (χ1v) is 7.88. The molecule has 0 amide bonds. The van der Waals surface area contributed by atoms with Gasteiger partial charge in [0.1, 0.15) is 12.1 Å². The van der Waals surface area contributed by atoms with Crippen molar-refractivity contribution in [2.45, 2.75) is 44.4 Å². The molecular formula is C13H19N5S. The molecule has 0 spiro atoms. The van der Waals surface area contributed by atoms with Crippen LogP contribution < -0.4 is 5.32 Å². The number of nitrogens with zero attached hydrogens (tertiary/aromatic N) is 4. The largest absolute Gasteiger partial charge is 0.366 e. The second kappa shape index (κ2) is 5.36. The van der Waals surface area contributed by atoms with E-state index in [-0.39, 0.29) is 0 Å². The van der Waals surface area contributed by atoms with Crippen molar-refractivity contribution in [1.82, 2.24) is 19.6 Å². The summed E-state index contributed by atoms with van der Waals surface area (Å²) >= 11 is 2.05. The summed E-state index contributed by atoms with van der Waals surface area (Å²) in [6.07, 6.45) is 5.40. The summed E-state index contributed by atoms with van der Waals surface area (Å²) in [7, 11) is 0. The Balaban J connectivity index is 1.86. The summed E-state index contributed by atoms with van der Waals surface area (Å²) < 4.78 is 1.79. The second-order valence-electron chi connectivity index (χ2n) is 4.93. The van der Waals surface area contributed by atoms with Gasteiger partial charge in [-0.05, 0) is 25.5 Å². The van der Waals surface area contributed by atoms with Crippen LogP contribution in [0.1, 0.15) is 31.9 Å². The average Bonchev–Trinajstić information content (AvgIpc) is 2.99. The van der Waals surface area contributed by atoms with Crippen LogP contribution in [0.25, 0.3) is 5.78 Å². The Morgan fingerprint density at radius 2 is 2.37 bits per heavy atom. The standard InChI is InChI=1S/C13H19N5S/c1-3-19-11-6-4-5-10(11)17-12-7-9(2)16-13-14-8-15-18(12)13/h7-8,10-11,17H,3-6H2,1-2H3. The minimum absolute atomic E-state index is 0.527. The Morgan fingerprint density at radius 3 is 3.21 bits per heavy atom. The quantitative estimate of drug-likeness (QED) is 0.930. The zero-order valence-corrected chi connectivity index (χ0v) is 12.2. The van der Waals surface area contributed by atoms with Crippen LogP contribution in [-0.4, -0.2) is 36.6 Å². The Morgan fingerprint density at radius 1 is 1.47 bits per heavy atom. The highest BCUT2D eigenvalue weighted by Gasteiger charge is 2.27. The van der Waals surface area contributed by atoms with Crippen LogP contribution in [-0.2, 0) is 0 Å². The molecule has 0 aliphatic heterocycles. The number of rotatable bonds is 4. The summed E-state index contributed by atoms with van der Waals surface area (Å²) in [5.74, 6) is 2.85. The van der Waals surface area contributed by atoms with E-state index < -0.39 is 0 Å². The highest BCUT2D eigenvalue weighted by molar-refractivity contribution is 7.99. The number of hydrogen-bond donors (Lipinski definition) is 1. The normalized spacial score (nSPS) is 23.1. The van der Waals surface area contributed by atoms with Crippen LogP contribution in [0, 0.1) is 6.92 Å². The van der Waals surface area contributed by atoms with Crippen molar-refractivity contribution in [3.63, 3.8) is 0 Å². The average molecular weight is 277 g/mol. The molecule has 0 radical (unpaired) electrons. The van der Waals surface area contributed by atoms with Gasteiger partial charge in [0.25, 0.3) is 5.78 Å². The number of aryl methyl sites for hydroxylation is 1. The predicted molar refractivity (Wildman–Crippen MR) is 78.7 cm³/mol. The summed E-state index contributed by atoms with van der Waals surface area (Å²) in [6, 6.07) is 2.58. The molecule has 2 aromatic rings. The van der Waals surface area contributed by atoms with Crippen molar-refractivity contribution >= 4 is 23.4 Å². The van der Waals surface area contributed by atoms with Crippen LogP contribution in [0.4, 0.5) is 5.82 Å². The molecule has 102 valence electrons. The second-order valence-corrected chi connectivity index (χ2v) is 6.45. The van der Waals surface area contributed by atoms with E-state index >= 15 is 0 Å². The van der Waals surface area contributed by atoms with Gasteiger partial charge in [-0.1, -0.05) is 13.3 Å². The van der Waals surface area contributed by atoms with Crippen LogP contribution >= 0.6 is 11.8 Å². The van der Waals surface area contributed by atoms with Crippen LogP contribution in [0.3, 0.4) is 0 Å². The van der Waals surface area contributed by atoms with Gasteiger partial charge in [-0.25, -0.2) is 4.98 Å². The van der Waals surface area contributed by atoms with Gasteiger partial charge in [-0.2, -0.15) is 26.4 Å². The first kappa shape index (κ1) is 12.7. The van der Waals surface area contributed by atoms with E-state index in [1.165, 1.54) is 25.0 Å². The Bertz CT molecular complexity index is 567. The topological polar surface area (TPSA) is 55.1 Å². The molecule has 2 unspecified atom stereocenters. The molecule has 0 saturated heterocycles. The van der Waals surface area contributed by atoms with E-state index in [1.807, 2.05) is 13.0 Å². The third-order valence-electron chi connectivity index (χ3n) is 3.55. The molecule has 5 nitrogen and oxygen atoms in total. The summed E-state index contributed by atoms with van der Waals surface area (Å²) in [6.45, 7) is 4.22. The maximum absolute atomic E-state index is 4.37. The highest BCUT2D eigenvalue weighted by atomic mass is 32.2. The lowest BCUT2D eigenvalue weighted by Crippen LogP contribution is -2.27. The minimum Gasteiger partial charge on any atom is -0.366 e. The van der Waals surface area contributed by atoms with Gasteiger partial charge >= 0.3 is 0 Å². The van der Waals surface area contributed by atoms with Crippen molar-refractivity contribution in [2.75, 3.05) is 11.1 Å². The van der Waals surface area contributed by atoms with Gasteiger partial charge in [-0.15, -0.1) is 0 Å². The van der Waals surface area contributed by atoms with Crippen molar-refractivity contribution in [1.29, 1.82) is 0 Å². The van der Waals surface area contributed by atoms with E-state index in [1.54, 1.807) is 10.8 Å². The van der Waals surface area contributed by atoms with Gasteiger partial charge in [0.05, 0.1) is 0 Å². The monoisotopic (exact) mass is 277 g/mol. The molecule has 2 atom stereocenters. The van der Waals surface area contributed by atoms with Crippen molar-refractivity contribution in [3.05, 3.63) is 18.1 Å². The zero-order chi connectivity index (χ0) is 13.2. The molecule has 1 saturated carbocycles. The molecule has 2 heterocycles. The van der Waals surface area contributed by atoms with E-state index in [0.29, 0.717) is 17.1 Å². The maximum atomic E-state index is 4.37. The zero-order valence-electron chi connectivity index (χ0n) is 11.3. The number of aromatic nitrogens is 4. The number of nitrogens with one attached hydrogen (secondary N) is 1. The molecule has 19 heavy (non-hydrogen) atoms. The van der Waals surface area contributed by atoms with Gasteiger partial charge in [-0.3, -0.25) is 0 Å². The molecule has 0 bridgehead atoms. The molecule has 2 aromatic heterocycles. The van der Waals surface area contributed by atoms with Gasteiger partial charge in [0, 0.05) is 23.1 Å². The van der Waals surface area contributed by atoms with Crippen molar-refractivity contribution in [2.24, 2.45) is 0 Å². The first-order valence-electron chi connectivity index (χ1n) is 6.83. The van der Waals surface area contributed by atoms with Gasteiger partial charge in [0.2, 0.25) is 0 Å². The number of anilines is 1. The lowest BCUT2D eigenvalue weighted by molar-refractivity contribution is 0.750. The van der Waals surface area contributed by atoms with Crippen molar-refractivity contribution < 1.29 is 0 Å². The number of fused-ring (bicyclic) bond motifs is 1. The lowest BCUT2D eigenvalue weighted by Gasteiger charge is -2.21.